The zero-order chi connectivity index (χ0) is 14.8. The molecule has 2 heterocycles. The van der Waals surface area contributed by atoms with Crippen molar-refractivity contribution in [3.8, 4) is 0 Å². The molecule has 0 aliphatic heterocycles. The summed E-state index contributed by atoms with van der Waals surface area (Å²) in [5.74, 6) is 0.367. The van der Waals surface area contributed by atoms with Gasteiger partial charge in [0.05, 0.1) is 4.88 Å². The maximum absolute atomic E-state index is 11.9. The molecule has 110 valence electrons. The van der Waals surface area contributed by atoms with Gasteiger partial charge in [0.25, 0.3) is 0 Å². The van der Waals surface area contributed by atoms with Crippen LogP contribution in [0.2, 0.25) is 0 Å². The van der Waals surface area contributed by atoms with Crippen LogP contribution in [0.4, 0.5) is 5.13 Å². The van der Waals surface area contributed by atoms with E-state index in [0.717, 1.165) is 22.7 Å². The van der Waals surface area contributed by atoms with E-state index in [2.05, 4.69) is 15.5 Å². The largest absolute Gasteiger partial charge is 0.301 e. The number of ketones is 1. The molecule has 1 fully saturated rings. The average molecular weight is 321 g/mol. The van der Waals surface area contributed by atoms with Gasteiger partial charge >= 0.3 is 0 Å². The summed E-state index contributed by atoms with van der Waals surface area (Å²) >= 11 is 2.89. The Kier molecular flexibility index (Phi) is 4.12. The fourth-order valence-corrected chi connectivity index (χ4v) is 3.66. The summed E-state index contributed by atoms with van der Waals surface area (Å²) in [6, 6.07) is 3.73. The number of carbonyl (C=O) groups is 2. The number of thiophene rings is 1. The Balaban J connectivity index is 1.48. The quantitative estimate of drug-likeness (QED) is 0.828. The van der Waals surface area contributed by atoms with Crippen LogP contribution in [0.1, 0.15) is 51.2 Å². The van der Waals surface area contributed by atoms with Crippen molar-refractivity contribution in [2.75, 3.05) is 5.32 Å². The lowest BCUT2D eigenvalue weighted by Gasteiger charge is -2.00. The lowest BCUT2D eigenvalue weighted by Crippen LogP contribution is -2.13. The molecule has 1 saturated carbocycles. The zero-order valence-corrected chi connectivity index (χ0v) is 13.2. The van der Waals surface area contributed by atoms with E-state index >= 15 is 0 Å². The third kappa shape index (κ3) is 3.74. The lowest BCUT2D eigenvalue weighted by atomic mass is 10.2. The molecule has 2 aromatic heterocycles. The second-order valence-corrected chi connectivity index (χ2v) is 7.40. The molecule has 0 atom stereocenters. The van der Waals surface area contributed by atoms with Crippen LogP contribution >= 0.6 is 22.7 Å². The van der Waals surface area contributed by atoms with Crippen LogP contribution < -0.4 is 5.32 Å². The molecule has 0 aromatic carbocycles. The predicted molar refractivity (Wildman–Crippen MR) is 83.1 cm³/mol. The summed E-state index contributed by atoms with van der Waals surface area (Å²) in [6.45, 7) is 1.96. The van der Waals surface area contributed by atoms with Gasteiger partial charge in [-0.15, -0.1) is 21.5 Å². The van der Waals surface area contributed by atoms with Crippen LogP contribution in [0.25, 0.3) is 0 Å². The zero-order valence-electron chi connectivity index (χ0n) is 11.6. The molecular weight excluding hydrogens is 306 g/mol. The van der Waals surface area contributed by atoms with Gasteiger partial charge in [0.15, 0.2) is 5.78 Å². The van der Waals surface area contributed by atoms with Gasteiger partial charge in [-0.2, -0.15) is 0 Å². The highest BCUT2D eigenvalue weighted by Crippen LogP contribution is 2.42. The number of anilines is 1. The second-order valence-electron chi connectivity index (χ2n) is 5.10. The van der Waals surface area contributed by atoms with Gasteiger partial charge in [0.1, 0.15) is 5.01 Å². The van der Waals surface area contributed by atoms with Crippen molar-refractivity contribution in [3.63, 3.8) is 0 Å². The molecular formula is C14H15N3O2S2. The molecule has 0 saturated heterocycles. The highest BCUT2D eigenvalue weighted by Gasteiger charge is 2.27. The molecule has 0 radical (unpaired) electrons. The third-order valence-electron chi connectivity index (χ3n) is 3.21. The molecule has 1 aliphatic rings. The Hall–Kier alpha value is -1.60. The normalized spacial score (nSPS) is 14.1. The standard InChI is InChI=1S/C14H15N3O2S2/c1-8-2-6-11(20-8)10(18)5-7-12(19)15-14-17-16-13(21-14)9-3-4-9/h2,6,9H,3-5,7H2,1H3,(H,15,17,19). The molecule has 1 N–H and O–H groups in total. The van der Waals surface area contributed by atoms with Crippen molar-refractivity contribution < 1.29 is 9.59 Å². The Morgan fingerprint density at radius 3 is 2.71 bits per heavy atom. The van der Waals surface area contributed by atoms with Crippen LogP contribution in [0.3, 0.4) is 0 Å². The molecule has 1 aliphatic carbocycles. The topological polar surface area (TPSA) is 72.0 Å². The maximum Gasteiger partial charge on any atom is 0.226 e. The van der Waals surface area contributed by atoms with Gasteiger partial charge in [0.2, 0.25) is 11.0 Å². The van der Waals surface area contributed by atoms with Crippen molar-refractivity contribution in [2.24, 2.45) is 0 Å². The number of aromatic nitrogens is 2. The van der Waals surface area contributed by atoms with Crippen molar-refractivity contribution in [1.29, 1.82) is 0 Å². The van der Waals surface area contributed by atoms with Gasteiger partial charge in [-0.05, 0) is 31.9 Å². The number of Topliss-reactive ketones (excluding diaryl/α,β-unsaturated/α-hetero) is 1. The van der Waals surface area contributed by atoms with Crippen molar-refractivity contribution in [1.82, 2.24) is 10.2 Å². The summed E-state index contributed by atoms with van der Waals surface area (Å²) in [6.07, 6.45) is 2.73. The van der Waals surface area contributed by atoms with Crippen LogP contribution in [0.5, 0.6) is 0 Å². The van der Waals surface area contributed by atoms with Gasteiger partial charge in [-0.1, -0.05) is 11.3 Å². The van der Waals surface area contributed by atoms with Gasteiger partial charge in [-0.3, -0.25) is 9.59 Å². The van der Waals surface area contributed by atoms with Gasteiger partial charge in [-0.25, -0.2) is 0 Å². The van der Waals surface area contributed by atoms with Crippen molar-refractivity contribution >= 4 is 39.5 Å². The van der Waals surface area contributed by atoms with Crippen LogP contribution in [0.15, 0.2) is 12.1 Å². The van der Waals surface area contributed by atoms with Gasteiger partial charge in [0, 0.05) is 23.6 Å². The minimum atomic E-state index is -0.185. The smallest absolute Gasteiger partial charge is 0.226 e. The van der Waals surface area contributed by atoms with E-state index in [9.17, 15) is 9.59 Å². The van der Waals surface area contributed by atoms with Crippen molar-refractivity contribution in [2.45, 2.75) is 38.5 Å². The number of carbonyl (C=O) groups excluding carboxylic acids is 2. The fourth-order valence-electron chi connectivity index (χ4n) is 1.90. The molecule has 1 amide bonds. The Bertz CT molecular complexity index is 673. The number of hydrogen-bond donors (Lipinski definition) is 1. The third-order valence-corrected chi connectivity index (χ3v) is 5.25. The van der Waals surface area contributed by atoms with Crippen LogP contribution in [-0.4, -0.2) is 21.9 Å². The highest BCUT2D eigenvalue weighted by molar-refractivity contribution is 7.15. The molecule has 0 unspecified atom stereocenters. The molecule has 7 heteroatoms. The van der Waals surface area contributed by atoms with Crippen molar-refractivity contribution in [3.05, 3.63) is 26.9 Å². The molecule has 0 bridgehead atoms. The monoisotopic (exact) mass is 321 g/mol. The molecule has 3 rings (SSSR count). The summed E-state index contributed by atoms with van der Waals surface area (Å²) in [5, 5.41) is 12.3. The number of amides is 1. The number of rotatable bonds is 6. The number of hydrogen-bond acceptors (Lipinski definition) is 6. The number of nitrogens with zero attached hydrogens (tertiary/aromatic N) is 2. The maximum atomic E-state index is 11.9. The first kappa shape index (κ1) is 14.3. The first-order valence-corrected chi connectivity index (χ1v) is 8.48. The SMILES string of the molecule is Cc1ccc(C(=O)CCC(=O)Nc2nnc(C3CC3)s2)s1. The molecule has 0 spiro atoms. The average Bonchev–Trinajstić information content (AvgIpc) is 3.06. The van der Waals surface area contributed by atoms with E-state index in [1.54, 1.807) is 0 Å². The summed E-state index contributed by atoms with van der Waals surface area (Å²) in [4.78, 5) is 25.6. The van der Waals surface area contributed by atoms with E-state index < -0.39 is 0 Å². The molecule has 2 aromatic rings. The van der Waals surface area contributed by atoms with Gasteiger partial charge < -0.3 is 5.32 Å². The Morgan fingerprint density at radius 2 is 2.05 bits per heavy atom. The van der Waals surface area contributed by atoms with E-state index in [1.165, 1.54) is 22.7 Å². The minimum absolute atomic E-state index is 0.0131. The Labute approximate surface area is 130 Å². The summed E-state index contributed by atoms with van der Waals surface area (Å²) < 4.78 is 0. The molecule has 5 nitrogen and oxygen atoms in total. The van der Waals surface area contributed by atoms with E-state index in [4.69, 9.17) is 0 Å². The van der Waals surface area contributed by atoms with E-state index in [0.29, 0.717) is 15.9 Å². The summed E-state index contributed by atoms with van der Waals surface area (Å²) in [5.41, 5.74) is 0. The number of aryl methyl sites for hydroxylation is 1. The first-order chi connectivity index (χ1) is 10.1. The highest BCUT2D eigenvalue weighted by atomic mass is 32.1. The van der Waals surface area contributed by atoms with Crippen LogP contribution in [0, 0.1) is 6.92 Å². The lowest BCUT2D eigenvalue weighted by molar-refractivity contribution is -0.116. The van der Waals surface area contributed by atoms with E-state index in [-0.39, 0.29) is 24.5 Å². The predicted octanol–water partition coefficient (Wildman–Crippen LogP) is 3.39. The van der Waals surface area contributed by atoms with E-state index in [1.807, 2.05) is 19.1 Å². The number of nitrogens with one attached hydrogen (secondary N) is 1. The Morgan fingerprint density at radius 1 is 1.24 bits per heavy atom. The first-order valence-electron chi connectivity index (χ1n) is 6.84. The van der Waals surface area contributed by atoms with Crippen LogP contribution in [-0.2, 0) is 4.79 Å². The second kappa shape index (κ2) is 6.03. The molecule has 21 heavy (non-hydrogen) atoms. The summed E-state index contributed by atoms with van der Waals surface area (Å²) in [7, 11) is 0. The fraction of sp³-hybridized carbons (Fsp3) is 0.429. The minimum Gasteiger partial charge on any atom is -0.301 e.